The number of rotatable bonds is 5. The fraction of sp³-hybridized carbons (Fsp3) is 0.600. The summed E-state index contributed by atoms with van der Waals surface area (Å²) in [5.41, 5.74) is 8.67. The molecule has 1 nitrogen and oxygen atoms in total. The number of nitrogens with two attached hydrogens (primary N) is 1. The predicted octanol–water partition coefficient (Wildman–Crippen LogP) is 3.81. The molecule has 17 heavy (non-hydrogen) atoms. The van der Waals surface area contributed by atoms with Gasteiger partial charge in [-0.25, -0.2) is 0 Å². The largest absolute Gasteiger partial charge is 0.330 e. The maximum absolute atomic E-state index is 5.61. The van der Waals surface area contributed by atoms with Crippen molar-refractivity contribution in [2.45, 2.75) is 38.9 Å². The lowest BCUT2D eigenvalue weighted by atomic mass is 9.87. The Morgan fingerprint density at radius 2 is 1.76 bits per heavy atom. The molecule has 0 saturated carbocycles. The van der Waals surface area contributed by atoms with Crippen molar-refractivity contribution in [1.82, 2.24) is 0 Å². The third kappa shape index (κ3) is 5.13. The molecule has 96 valence electrons. The molecule has 1 aromatic rings. The van der Waals surface area contributed by atoms with E-state index in [2.05, 4.69) is 52.0 Å². The first kappa shape index (κ1) is 14.6. The van der Waals surface area contributed by atoms with Crippen LogP contribution in [0, 0.1) is 5.92 Å². The van der Waals surface area contributed by atoms with E-state index in [0.29, 0.717) is 5.92 Å². The molecule has 0 radical (unpaired) electrons. The van der Waals surface area contributed by atoms with Crippen LogP contribution >= 0.6 is 11.8 Å². The Morgan fingerprint density at radius 3 is 2.24 bits per heavy atom. The van der Waals surface area contributed by atoms with Gasteiger partial charge in [0.05, 0.1) is 0 Å². The summed E-state index contributed by atoms with van der Waals surface area (Å²) < 4.78 is 0. The molecule has 0 bridgehead atoms. The Bertz CT molecular complexity index is 324. The summed E-state index contributed by atoms with van der Waals surface area (Å²) in [5, 5.41) is 0. The first-order chi connectivity index (χ1) is 7.93. The van der Waals surface area contributed by atoms with Gasteiger partial charge in [0.1, 0.15) is 0 Å². The minimum atomic E-state index is 0.250. The van der Waals surface area contributed by atoms with Crippen molar-refractivity contribution in [3.05, 3.63) is 35.4 Å². The third-order valence-electron chi connectivity index (χ3n) is 2.89. The average molecular weight is 251 g/mol. The molecule has 1 rings (SSSR count). The highest BCUT2D eigenvalue weighted by Crippen LogP contribution is 2.23. The summed E-state index contributed by atoms with van der Waals surface area (Å²) in [7, 11) is 0. The van der Waals surface area contributed by atoms with E-state index in [1.165, 1.54) is 11.1 Å². The Labute approximate surface area is 110 Å². The summed E-state index contributed by atoms with van der Waals surface area (Å²) >= 11 is 1.97. The van der Waals surface area contributed by atoms with Crippen molar-refractivity contribution in [2.75, 3.05) is 12.3 Å². The molecule has 0 amide bonds. The van der Waals surface area contributed by atoms with Crippen LogP contribution < -0.4 is 5.73 Å². The highest BCUT2D eigenvalue weighted by Gasteiger charge is 2.12. The maximum Gasteiger partial charge on any atom is 0.0184 e. The van der Waals surface area contributed by atoms with Crippen molar-refractivity contribution >= 4 is 11.8 Å². The fourth-order valence-corrected chi connectivity index (χ4v) is 2.63. The van der Waals surface area contributed by atoms with E-state index in [4.69, 9.17) is 5.73 Å². The van der Waals surface area contributed by atoms with Gasteiger partial charge in [-0.2, -0.15) is 11.8 Å². The quantitative estimate of drug-likeness (QED) is 0.861. The molecule has 1 unspecified atom stereocenters. The summed E-state index contributed by atoms with van der Waals surface area (Å²) in [5.74, 6) is 2.86. The highest BCUT2D eigenvalue weighted by molar-refractivity contribution is 7.98. The van der Waals surface area contributed by atoms with Gasteiger partial charge in [0.15, 0.2) is 0 Å². The molecule has 2 N–H and O–H groups in total. The molecular formula is C15H25NS. The molecule has 0 aromatic heterocycles. The average Bonchev–Trinajstić information content (AvgIpc) is 2.28. The summed E-state index contributed by atoms with van der Waals surface area (Å²) in [4.78, 5) is 0. The van der Waals surface area contributed by atoms with Gasteiger partial charge >= 0.3 is 0 Å². The van der Waals surface area contributed by atoms with Gasteiger partial charge in [-0.15, -0.1) is 0 Å². The van der Waals surface area contributed by atoms with Gasteiger partial charge in [0.2, 0.25) is 0 Å². The van der Waals surface area contributed by atoms with E-state index >= 15 is 0 Å². The van der Waals surface area contributed by atoms with Crippen LogP contribution in [0.25, 0.3) is 0 Å². The standard InChI is InChI=1S/C15H25NS/c1-12(9-16)10-17-11-13-5-7-14(8-6-13)15(2,3)4/h5-8,12H,9-11,16H2,1-4H3. The second kappa shape index (κ2) is 6.46. The molecule has 0 spiro atoms. The van der Waals surface area contributed by atoms with Gasteiger partial charge in [0, 0.05) is 5.75 Å². The van der Waals surface area contributed by atoms with Crippen LogP contribution in [-0.4, -0.2) is 12.3 Å². The van der Waals surface area contributed by atoms with E-state index in [0.717, 1.165) is 18.1 Å². The van der Waals surface area contributed by atoms with Gasteiger partial charge in [-0.05, 0) is 34.8 Å². The molecule has 0 heterocycles. The maximum atomic E-state index is 5.61. The van der Waals surface area contributed by atoms with Crippen LogP contribution in [0.3, 0.4) is 0 Å². The number of hydrogen-bond donors (Lipinski definition) is 1. The Hall–Kier alpha value is -0.470. The number of thioether (sulfide) groups is 1. The zero-order valence-corrected chi connectivity index (χ0v) is 12.3. The lowest BCUT2D eigenvalue weighted by Gasteiger charge is -2.19. The summed E-state index contributed by atoms with van der Waals surface area (Å²) in [6.45, 7) is 9.74. The fourth-order valence-electron chi connectivity index (χ4n) is 1.55. The second-order valence-electron chi connectivity index (χ2n) is 5.80. The molecule has 0 aliphatic heterocycles. The Kier molecular flexibility index (Phi) is 5.54. The molecule has 0 aliphatic rings. The van der Waals surface area contributed by atoms with Crippen molar-refractivity contribution in [3.63, 3.8) is 0 Å². The van der Waals surface area contributed by atoms with Crippen LogP contribution in [0.4, 0.5) is 0 Å². The monoisotopic (exact) mass is 251 g/mol. The molecule has 1 aromatic carbocycles. The SMILES string of the molecule is CC(CN)CSCc1ccc(C(C)(C)C)cc1. The van der Waals surface area contributed by atoms with Crippen molar-refractivity contribution < 1.29 is 0 Å². The van der Waals surface area contributed by atoms with Gasteiger partial charge < -0.3 is 5.73 Å². The van der Waals surface area contributed by atoms with E-state index < -0.39 is 0 Å². The number of hydrogen-bond acceptors (Lipinski definition) is 2. The topological polar surface area (TPSA) is 26.0 Å². The smallest absolute Gasteiger partial charge is 0.0184 e. The molecular weight excluding hydrogens is 226 g/mol. The van der Waals surface area contributed by atoms with Crippen LogP contribution in [-0.2, 0) is 11.2 Å². The lowest BCUT2D eigenvalue weighted by molar-refractivity contribution is 0.590. The van der Waals surface area contributed by atoms with E-state index in [-0.39, 0.29) is 5.41 Å². The van der Waals surface area contributed by atoms with Crippen molar-refractivity contribution in [1.29, 1.82) is 0 Å². The minimum absolute atomic E-state index is 0.250. The van der Waals surface area contributed by atoms with Crippen molar-refractivity contribution in [2.24, 2.45) is 11.7 Å². The number of benzene rings is 1. The molecule has 1 atom stereocenters. The minimum Gasteiger partial charge on any atom is -0.330 e. The predicted molar refractivity (Wildman–Crippen MR) is 79.5 cm³/mol. The molecule has 0 fully saturated rings. The van der Waals surface area contributed by atoms with Crippen LogP contribution in [0.2, 0.25) is 0 Å². The van der Waals surface area contributed by atoms with Gasteiger partial charge in [-0.3, -0.25) is 0 Å². The Morgan fingerprint density at radius 1 is 1.18 bits per heavy atom. The zero-order valence-electron chi connectivity index (χ0n) is 11.5. The summed E-state index contributed by atoms with van der Waals surface area (Å²) in [6, 6.07) is 9.01. The molecule has 0 saturated heterocycles. The zero-order chi connectivity index (χ0) is 12.9. The van der Waals surface area contributed by atoms with Crippen LogP contribution in [0.15, 0.2) is 24.3 Å². The van der Waals surface area contributed by atoms with Gasteiger partial charge in [-0.1, -0.05) is 52.0 Å². The Balaban J connectivity index is 2.46. The lowest BCUT2D eigenvalue weighted by Crippen LogP contribution is -2.12. The highest BCUT2D eigenvalue weighted by atomic mass is 32.2. The third-order valence-corrected chi connectivity index (χ3v) is 4.24. The second-order valence-corrected chi connectivity index (χ2v) is 6.83. The van der Waals surface area contributed by atoms with Gasteiger partial charge in [0.25, 0.3) is 0 Å². The first-order valence-corrected chi connectivity index (χ1v) is 7.46. The van der Waals surface area contributed by atoms with E-state index in [1.807, 2.05) is 11.8 Å². The molecule has 0 aliphatic carbocycles. The van der Waals surface area contributed by atoms with Crippen molar-refractivity contribution in [3.8, 4) is 0 Å². The molecule has 2 heteroatoms. The first-order valence-electron chi connectivity index (χ1n) is 6.30. The summed E-state index contributed by atoms with van der Waals surface area (Å²) in [6.07, 6.45) is 0. The normalized spacial score (nSPS) is 13.7. The van der Waals surface area contributed by atoms with E-state index in [9.17, 15) is 0 Å². The van der Waals surface area contributed by atoms with Crippen LogP contribution in [0.5, 0.6) is 0 Å². The van der Waals surface area contributed by atoms with E-state index in [1.54, 1.807) is 0 Å². The van der Waals surface area contributed by atoms with Crippen LogP contribution in [0.1, 0.15) is 38.8 Å².